The fourth-order valence-electron chi connectivity index (χ4n) is 8.98. The summed E-state index contributed by atoms with van der Waals surface area (Å²) >= 11 is 0. The molecule has 0 spiro atoms. The number of para-hydroxylation sites is 2. The number of hydrogen-bond acceptors (Lipinski definition) is 8. The molecule has 0 bridgehead atoms. The maximum Gasteiger partial charge on any atom is 2.00 e. The number of nitrogens with zero attached hydrogens (tertiary/aromatic N) is 2. The maximum atomic E-state index is 12.6. The number of benzene rings is 4. The first kappa shape index (κ1) is 65.9. The molecule has 0 amide bonds. The van der Waals surface area contributed by atoms with Crippen LogP contribution in [-0.4, -0.2) is 33.9 Å². The Hall–Kier alpha value is -5.15. The summed E-state index contributed by atoms with van der Waals surface area (Å²) < 4.78 is 9.53. The van der Waals surface area contributed by atoms with Crippen molar-refractivity contribution in [3.05, 3.63) is 104 Å². The van der Waals surface area contributed by atoms with Crippen LogP contribution < -0.4 is 19.7 Å². The van der Waals surface area contributed by atoms with Crippen LogP contribution in [0, 0.1) is 0 Å². The number of rotatable bonds is 17. The molecule has 4 aromatic rings. The summed E-state index contributed by atoms with van der Waals surface area (Å²) in [5.74, 6) is 1.57. The third-order valence-electron chi connectivity index (χ3n) is 12.8. The average Bonchev–Trinajstić information content (AvgIpc) is 3.26. The first-order valence-electron chi connectivity index (χ1n) is 26.4. The van der Waals surface area contributed by atoms with E-state index in [2.05, 4.69) is 106 Å². The van der Waals surface area contributed by atoms with Crippen molar-refractivity contribution in [3.63, 3.8) is 0 Å². The van der Waals surface area contributed by atoms with E-state index in [1.807, 2.05) is 95.2 Å². The molecule has 0 aliphatic rings. The Bertz CT molecular complexity index is 2360. The minimum atomic E-state index is -1.45. The van der Waals surface area contributed by atoms with Crippen molar-refractivity contribution in [2.75, 3.05) is 0 Å². The van der Waals surface area contributed by atoms with Crippen LogP contribution in [0.15, 0.2) is 58.5 Å². The number of ether oxygens (including phenoxy) is 2. The fourth-order valence-corrected chi connectivity index (χ4v) is 8.98. The SMILES string of the molecule is CC(C)c1cc(C(C)C)c(C(C)C)c([O-])c1OC(=O)O.CC(C)c1cc(C(C)C)c(C(C)C)c([O-])c1OC(=O)O.CCCC(=Nc1c(C(C)C)cccc1C(C)C)C(C)=Nc1c(C(C)C)cccc1C(C)C.[Ni+2]. The van der Waals surface area contributed by atoms with Crippen LogP contribution in [0.4, 0.5) is 21.0 Å². The number of carbonyl (C=O) groups is 2. The summed E-state index contributed by atoms with van der Waals surface area (Å²) in [6.07, 6.45) is -0.915. The molecule has 0 aromatic heterocycles. The van der Waals surface area contributed by atoms with Crippen molar-refractivity contribution < 1.29 is 56.0 Å². The third kappa shape index (κ3) is 17.8. The molecule has 4 rings (SSSR count). The zero-order chi connectivity index (χ0) is 55.2. The van der Waals surface area contributed by atoms with Gasteiger partial charge in [0.25, 0.3) is 0 Å². The van der Waals surface area contributed by atoms with Crippen molar-refractivity contribution >= 4 is 35.1 Å². The van der Waals surface area contributed by atoms with Crippen LogP contribution in [0.3, 0.4) is 0 Å². The molecule has 0 heterocycles. The number of carboxylic acid groups (broad SMARTS) is 2. The van der Waals surface area contributed by atoms with E-state index in [0.29, 0.717) is 45.9 Å². The molecule has 0 radical (unpaired) electrons. The Morgan fingerprint density at radius 2 is 0.740 bits per heavy atom. The monoisotopic (exact) mass is 1050 g/mol. The molecule has 0 saturated carbocycles. The molecule has 0 fully saturated rings. The number of hydrogen-bond donors (Lipinski definition) is 2. The van der Waals surface area contributed by atoms with Crippen molar-refractivity contribution in [2.45, 2.75) is 224 Å². The topological polar surface area (TPSA) is 164 Å². The Labute approximate surface area is 450 Å². The molecule has 0 atom stereocenters. The molecule has 406 valence electrons. The second kappa shape index (κ2) is 29.7. The van der Waals surface area contributed by atoms with Crippen molar-refractivity contribution in [3.8, 4) is 23.0 Å². The van der Waals surface area contributed by atoms with Gasteiger partial charge < -0.3 is 29.9 Å². The molecule has 0 saturated heterocycles. The minimum Gasteiger partial charge on any atom is -0.870 e. The first-order chi connectivity index (χ1) is 33.4. The van der Waals surface area contributed by atoms with Gasteiger partial charge in [-0.15, -0.1) is 0 Å². The third-order valence-corrected chi connectivity index (χ3v) is 12.8. The van der Waals surface area contributed by atoms with Crippen molar-refractivity contribution in [1.29, 1.82) is 0 Å². The van der Waals surface area contributed by atoms with Crippen molar-refractivity contribution in [1.82, 2.24) is 0 Å². The first-order valence-corrected chi connectivity index (χ1v) is 26.4. The molecule has 10 nitrogen and oxygen atoms in total. The van der Waals surface area contributed by atoms with E-state index < -0.39 is 12.3 Å². The Morgan fingerprint density at radius 3 is 0.973 bits per heavy atom. The second-order valence-electron chi connectivity index (χ2n) is 22.1. The van der Waals surface area contributed by atoms with E-state index in [1.165, 1.54) is 22.3 Å². The van der Waals surface area contributed by atoms with E-state index in [9.17, 15) is 19.8 Å². The van der Waals surface area contributed by atoms with Crippen LogP contribution in [0.2, 0.25) is 0 Å². The molecular weight excluding hydrogens is 959 g/mol. The molecule has 2 N–H and O–H groups in total. The van der Waals surface area contributed by atoms with Crippen LogP contribution in [-0.2, 0) is 16.5 Å². The van der Waals surface area contributed by atoms with Crippen LogP contribution >= 0.6 is 0 Å². The van der Waals surface area contributed by atoms with Gasteiger partial charge >= 0.3 is 28.8 Å². The van der Waals surface area contributed by atoms with Crippen LogP contribution in [0.25, 0.3) is 0 Å². The maximum absolute atomic E-state index is 12.6. The van der Waals surface area contributed by atoms with Gasteiger partial charge in [-0.3, -0.25) is 9.98 Å². The predicted octanol–water partition coefficient (Wildman–Crippen LogP) is 18.2. The Kier molecular flexibility index (Phi) is 26.8. The van der Waals surface area contributed by atoms with Gasteiger partial charge in [-0.05, 0) is 128 Å². The summed E-state index contributed by atoms with van der Waals surface area (Å²) in [6.45, 7) is 45.9. The Balaban J connectivity index is 0.000000569. The molecule has 11 heteroatoms. The fraction of sp³-hybridized carbons (Fsp3) is 0.548. The Morgan fingerprint density at radius 1 is 0.466 bits per heavy atom. The summed E-state index contributed by atoms with van der Waals surface area (Å²) in [7, 11) is 0. The smallest absolute Gasteiger partial charge is 0.870 e. The summed E-state index contributed by atoms with van der Waals surface area (Å²) in [4.78, 5) is 32.2. The van der Waals surface area contributed by atoms with Gasteiger partial charge in [0.1, 0.15) is 11.5 Å². The van der Waals surface area contributed by atoms with Crippen LogP contribution in [0.5, 0.6) is 23.0 Å². The molecule has 0 aliphatic carbocycles. The van der Waals surface area contributed by atoms with Gasteiger partial charge in [0.15, 0.2) is 0 Å². The van der Waals surface area contributed by atoms with E-state index >= 15 is 0 Å². The average molecular weight is 1050 g/mol. The van der Waals surface area contributed by atoms with Gasteiger partial charge in [-0.2, -0.15) is 0 Å². The molecular formula is C62H90N2NiO8. The largest absolute Gasteiger partial charge is 2.00 e. The standard InChI is InChI=1S/C30H44N2.2C16H24O4.Ni/c1-11-14-28(32-30-26(21(6)7)17-13-18-27(30)22(8)9)23(10)31-29-24(19(2)3)15-12-16-25(29)20(4)5;2*1-8(2)11-7-12(9(3)4)15(20-16(18)19)14(17)13(11)10(5)6;/h12-13,15-22H,11,14H2,1-10H3;2*7-10,17H,1-6H3,(H,18,19);/q;;;+2/p-2. The minimum absolute atomic E-state index is 0. The van der Waals surface area contributed by atoms with Gasteiger partial charge in [0.05, 0.1) is 22.8 Å². The van der Waals surface area contributed by atoms with Crippen molar-refractivity contribution in [2.24, 2.45) is 9.98 Å². The van der Waals surface area contributed by atoms with Crippen LogP contribution in [0.1, 0.15) is 280 Å². The summed E-state index contributed by atoms with van der Waals surface area (Å²) in [5.41, 5.74) is 14.3. The zero-order valence-electron chi connectivity index (χ0n) is 48.4. The van der Waals surface area contributed by atoms with Gasteiger partial charge in [0.2, 0.25) is 0 Å². The quantitative estimate of drug-likeness (QED) is 0.0457. The predicted molar refractivity (Wildman–Crippen MR) is 298 cm³/mol. The van der Waals surface area contributed by atoms with E-state index in [1.54, 1.807) is 0 Å². The number of aliphatic imine (C=N–C) groups is 2. The second-order valence-corrected chi connectivity index (χ2v) is 22.1. The van der Waals surface area contributed by atoms with Gasteiger partial charge in [-0.1, -0.05) is 212 Å². The molecule has 0 unspecified atom stereocenters. The van der Waals surface area contributed by atoms with Gasteiger partial charge in [0, 0.05) is 0 Å². The normalized spacial score (nSPS) is 12.1. The zero-order valence-corrected chi connectivity index (χ0v) is 49.3. The summed E-state index contributed by atoms with van der Waals surface area (Å²) in [6, 6.07) is 17.1. The molecule has 4 aromatic carbocycles. The van der Waals surface area contributed by atoms with Gasteiger partial charge in [-0.25, -0.2) is 9.59 Å². The van der Waals surface area contributed by atoms with E-state index in [0.717, 1.165) is 46.8 Å². The van der Waals surface area contributed by atoms with E-state index in [4.69, 9.17) is 29.7 Å². The molecule has 0 aliphatic heterocycles. The summed E-state index contributed by atoms with van der Waals surface area (Å²) in [5, 5.41) is 42.9. The molecule has 73 heavy (non-hydrogen) atoms. The van der Waals surface area contributed by atoms with E-state index in [-0.39, 0.29) is 75.0 Å².